The second kappa shape index (κ2) is 6.25. The number of hydrogen-bond acceptors (Lipinski definition) is 4. The van der Waals surface area contributed by atoms with Crippen LogP contribution in [0.25, 0.3) is 22.0 Å². The summed E-state index contributed by atoms with van der Waals surface area (Å²) >= 11 is 0. The fourth-order valence-electron chi connectivity index (χ4n) is 3.72. The highest BCUT2D eigenvalue weighted by Gasteiger charge is 2.24. The van der Waals surface area contributed by atoms with E-state index in [0.29, 0.717) is 11.6 Å². The molecule has 2 heterocycles. The van der Waals surface area contributed by atoms with E-state index in [-0.39, 0.29) is 11.3 Å². The molecule has 1 aromatic carbocycles. The molecule has 3 aromatic rings. The summed E-state index contributed by atoms with van der Waals surface area (Å²) in [5, 5.41) is 5.55. The zero-order valence-electron chi connectivity index (χ0n) is 16.7. The van der Waals surface area contributed by atoms with Gasteiger partial charge in [-0.3, -0.25) is 9.48 Å². The summed E-state index contributed by atoms with van der Waals surface area (Å²) in [6, 6.07) is 4.19. The molecule has 4 rings (SSSR count). The van der Waals surface area contributed by atoms with Gasteiger partial charge in [0.1, 0.15) is 11.5 Å². The average Bonchev–Trinajstić information content (AvgIpc) is 2.94. The van der Waals surface area contributed by atoms with Gasteiger partial charge in [0.2, 0.25) is 0 Å². The predicted molar refractivity (Wildman–Crippen MR) is 107 cm³/mol. The number of fused-ring (bicyclic) bond motifs is 1. The van der Waals surface area contributed by atoms with Crippen LogP contribution in [-0.2, 0) is 5.54 Å². The number of aryl methyl sites for hydroxylation is 1. The summed E-state index contributed by atoms with van der Waals surface area (Å²) in [7, 11) is 0. The van der Waals surface area contributed by atoms with Gasteiger partial charge in [0.05, 0.1) is 11.1 Å². The maximum Gasteiger partial charge on any atom is 0.180 e. The van der Waals surface area contributed by atoms with Crippen molar-refractivity contribution in [2.75, 3.05) is 0 Å². The van der Waals surface area contributed by atoms with Crippen molar-refractivity contribution in [2.24, 2.45) is 0 Å². The van der Waals surface area contributed by atoms with Crippen LogP contribution in [0.5, 0.6) is 0 Å². The molecule has 0 spiro atoms. The van der Waals surface area contributed by atoms with E-state index >= 15 is 0 Å². The van der Waals surface area contributed by atoms with Gasteiger partial charge < -0.3 is 0 Å². The lowest BCUT2D eigenvalue weighted by Gasteiger charge is -2.23. The molecule has 0 amide bonds. The predicted octanol–water partition coefficient (Wildman–Crippen LogP) is 5.03. The fraction of sp³-hybridized carbons (Fsp3) is 0.455. The summed E-state index contributed by atoms with van der Waals surface area (Å²) in [5.41, 5.74) is 4.43. The Hall–Kier alpha value is -2.56. The third-order valence-electron chi connectivity index (χ3n) is 5.41. The molecule has 140 valence electrons. The smallest absolute Gasteiger partial charge is 0.180 e. The Kier molecular flexibility index (Phi) is 4.13. The first-order valence-corrected chi connectivity index (χ1v) is 9.63. The Bertz CT molecular complexity index is 1020. The van der Waals surface area contributed by atoms with Crippen molar-refractivity contribution in [3.05, 3.63) is 41.6 Å². The van der Waals surface area contributed by atoms with Gasteiger partial charge in [0.15, 0.2) is 5.78 Å². The molecule has 2 aromatic heterocycles. The van der Waals surface area contributed by atoms with Crippen molar-refractivity contribution in [3.63, 3.8) is 0 Å². The van der Waals surface area contributed by atoms with Crippen molar-refractivity contribution in [1.82, 2.24) is 19.7 Å². The van der Waals surface area contributed by atoms with E-state index in [1.807, 2.05) is 17.1 Å². The molecule has 5 nitrogen and oxygen atoms in total. The standard InChI is InChI=1S/C22H26N4O/c1-13-9-16(17-11-23-21(24-12-17)15-7-6-8-15)10-18-19(14(2)27)25-26(20(13)18)22(3,4)5/h9-12,15H,6-8H2,1-5H3. The summed E-state index contributed by atoms with van der Waals surface area (Å²) in [4.78, 5) is 21.4. The molecule has 1 fully saturated rings. The lowest BCUT2D eigenvalue weighted by atomic mass is 9.85. The molecule has 0 unspecified atom stereocenters. The van der Waals surface area contributed by atoms with Crippen molar-refractivity contribution in [1.29, 1.82) is 0 Å². The van der Waals surface area contributed by atoms with Crippen LogP contribution in [0, 0.1) is 6.92 Å². The highest BCUT2D eigenvalue weighted by atomic mass is 16.1. The van der Waals surface area contributed by atoms with Crippen molar-refractivity contribution in [2.45, 2.75) is 65.3 Å². The normalized spacial score (nSPS) is 15.1. The molecule has 0 atom stereocenters. The third-order valence-corrected chi connectivity index (χ3v) is 5.41. The fourth-order valence-corrected chi connectivity index (χ4v) is 3.72. The lowest BCUT2D eigenvalue weighted by molar-refractivity contribution is 0.101. The molecule has 1 saturated carbocycles. The highest BCUT2D eigenvalue weighted by Crippen LogP contribution is 2.35. The van der Waals surface area contributed by atoms with Gasteiger partial charge in [0, 0.05) is 36.2 Å². The molecule has 0 radical (unpaired) electrons. The first kappa shape index (κ1) is 17.8. The van der Waals surface area contributed by atoms with Crippen molar-refractivity contribution < 1.29 is 4.79 Å². The van der Waals surface area contributed by atoms with E-state index in [1.165, 1.54) is 19.3 Å². The van der Waals surface area contributed by atoms with Crippen molar-refractivity contribution >= 4 is 16.7 Å². The molecule has 1 aliphatic rings. The minimum Gasteiger partial charge on any atom is -0.293 e. The SMILES string of the molecule is CC(=O)c1nn(C(C)(C)C)c2c(C)cc(-c3cnc(C4CCC4)nc3)cc12. The monoisotopic (exact) mass is 362 g/mol. The van der Waals surface area contributed by atoms with Crippen LogP contribution in [0.15, 0.2) is 24.5 Å². The van der Waals surface area contributed by atoms with E-state index in [1.54, 1.807) is 6.92 Å². The second-order valence-corrected chi connectivity index (χ2v) is 8.63. The number of carbonyl (C=O) groups is 1. The minimum atomic E-state index is -0.203. The molecule has 0 N–H and O–H groups in total. The summed E-state index contributed by atoms with van der Waals surface area (Å²) in [6.45, 7) is 9.95. The van der Waals surface area contributed by atoms with Gasteiger partial charge in [-0.1, -0.05) is 6.42 Å². The van der Waals surface area contributed by atoms with E-state index in [2.05, 4.69) is 54.9 Å². The summed E-state index contributed by atoms with van der Waals surface area (Å²) in [5.74, 6) is 1.46. The molecule has 27 heavy (non-hydrogen) atoms. The van der Waals surface area contributed by atoms with Crippen LogP contribution >= 0.6 is 0 Å². The van der Waals surface area contributed by atoms with E-state index in [4.69, 9.17) is 0 Å². The Morgan fingerprint density at radius 3 is 2.30 bits per heavy atom. The van der Waals surface area contributed by atoms with Crippen LogP contribution in [0.1, 0.15) is 74.8 Å². The van der Waals surface area contributed by atoms with E-state index < -0.39 is 0 Å². The number of benzene rings is 1. The molecule has 0 aliphatic heterocycles. The van der Waals surface area contributed by atoms with Gasteiger partial charge >= 0.3 is 0 Å². The molecule has 0 saturated heterocycles. The Labute approximate surface area is 159 Å². The van der Waals surface area contributed by atoms with Crippen LogP contribution < -0.4 is 0 Å². The highest BCUT2D eigenvalue weighted by molar-refractivity contribution is 6.06. The molecular weight excluding hydrogens is 336 g/mol. The van der Waals surface area contributed by atoms with Gasteiger partial charge in [0.25, 0.3) is 0 Å². The molecular formula is C22H26N4O. The minimum absolute atomic E-state index is 0.0175. The maximum absolute atomic E-state index is 12.2. The maximum atomic E-state index is 12.2. The first-order valence-electron chi connectivity index (χ1n) is 9.63. The van der Waals surface area contributed by atoms with Crippen LogP contribution in [-0.4, -0.2) is 25.5 Å². The van der Waals surface area contributed by atoms with Gasteiger partial charge in [-0.2, -0.15) is 5.10 Å². The molecule has 5 heteroatoms. The van der Waals surface area contributed by atoms with E-state index in [9.17, 15) is 4.79 Å². The Morgan fingerprint density at radius 1 is 1.11 bits per heavy atom. The van der Waals surface area contributed by atoms with Gasteiger partial charge in [-0.25, -0.2) is 9.97 Å². The second-order valence-electron chi connectivity index (χ2n) is 8.63. The number of hydrogen-bond donors (Lipinski definition) is 0. The third kappa shape index (κ3) is 3.05. The molecule has 1 aliphatic carbocycles. The quantitative estimate of drug-likeness (QED) is 0.613. The van der Waals surface area contributed by atoms with Gasteiger partial charge in [-0.05, 0) is 63.8 Å². The number of rotatable bonds is 3. The summed E-state index contributed by atoms with van der Waals surface area (Å²) in [6.07, 6.45) is 7.47. The van der Waals surface area contributed by atoms with Crippen molar-refractivity contribution in [3.8, 4) is 11.1 Å². The zero-order valence-corrected chi connectivity index (χ0v) is 16.7. The Balaban J connectivity index is 1.85. The van der Waals surface area contributed by atoms with E-state index in [0.717, 1.165) is 33.4 Å². The average molecular weight is 362 g/mol. The van der Waals surface area contributed by atoms with Gasteiger partial charge in [-0.15, -0.1) is 0 Å². The van der Waals surface area contributed by atoms with Crippen LogP contribution in [0.3, 0.4) is 0 Å². The van der Waals surface area contributed by atoms with Crippen LogP contribution in [0.2, 0.25) is 0 Å². The number of aromatic nitrogens is 4. The number of nitrogens with zero attached hydrogens (tertiary/aromatic N) is 4. The number of ketones is 1. The Morgan fingerprint density at radius 2 is 1.78 bits per heavy atom. The number of Topliss-reactive ketones (excluding diaryl/α,β-unsaturated/α-hetero) is 1. The first-order chi connectivity index (χ1) is 12.8. The zero-order chi connectivity index (χ0) is 19.3. The summed E-state index contributed by atoms with van der Waals surface area (Å²) < 4.78 is 1.97. The largest absolute Gasteiger partial charge is 0.293 e. The van der Waals surface area contributed by atoms with Crippen LogP contribution in [0.4, 0.5) is 0 Å². The topological polar surface area (TPSA) is 60.7 Å². The lowest BCUT2D eigenvalue weighted by Crippen LogP contribution is -2.23. The number of carbonyl (C=O) groups excluding carboxylic acids is 1. The molecule has 0 bridgehead atoms.